The molecule has 27 heavy (non-hydrogen) atoms. The number of hydrogen-bond donors (Lipinski definition) is 2. The summed E-state index contributed by atoms with van der Waals surface area (Å²) in [5, 5.41) is 7.18. The van der Waals surface area contributed by atoms with Gasteiger partial charge in [0.2, 0.25) is 0 Å². The lowest BCUT2D eigenvalue weighted by molar-refractivity contribution is 0.0954. The summed E-state index contributed by atoms with van der Waals surface area (Å²) >= 11 is 12.1. The summed E-state index contributed by atoms with van der Waals surface area (Å²) in [4.78, 5) is 41.4. The Morgan fingerprint density at radius 2 is 1.93 bits per heavy atom. The van der Waals surface area contributed by atoms with E-state index in [0.717, 1.165) is 16.4 Å². The second kappa shape index (κ2) is 8.15. The normalized spacial score (nSPS) is 10.6. The van der Waals surface area contributed by atoms with E-state index in [1.54, 1.807) is 6.07 Å². The van der Waals surface area contributed by atoms with Gasteiger partial charge in [-0.1, -0.05) is 41.4 Å². The van der Waals surface area contributed by atoms with Crippen molar-refractivity contribution in [2.75, 3.05) is 6.54 Å². The molecule has 0 aliphatic rings. The number of aromatic nitrogens is 4. The quantitative estimate of drug-likeness (QED) is 0.669. The molecule has 0 saturated heterocycles. The predicted octanol–water partition coefficient (Wildman–Crippen LogP) is 1.60. The number of halogens is 2. The van der Waals surface area contributed by atoms with Crippen LogP contribution < -0.4 is 16.6 Å². The molecule has 1 aromatic carbocycles. The molecule has 0 spiro atoms. The zero-order valence-electron chi connectivity index (χ0n) is 13.8. The monoisotopic (exact) mass is 405 g/mol. The fourth-order valence-corrected chi connectivity index (χ4v) is 2.76. The Bertz CT molecular complexity index is 1110. The molecule has 2 heterocycles. The van der Waals surface area contributed by atoms with Gasteiger partial charge in [-0.05, 0) is 24.1 Å². The predicted molar refractivity (Wildman–Crippen MR) is 101 cm³/mol. The zero-order chi connectivity index (χ0) is 19.4. The number of rotatable bonds is 5. The van der Waals surface area contributed by atoms with Crippen molar-refractivity contribution < 1.29 is 4.79 Å². The maximum absolute atomic E-state index is 12.4. The van der Waals surface area contributed by atoms with Crippen LogP contribution in [0.5, 0.6) is 0 Å². The summed E-state index contributed by atoms with van der Waals surface area (Å²) in [6.07, 6.45) is 2.71. The van der Waals surface area contributed by atoms with Crippen molar-refractivity contribution in [1.29, 1.82) is 0 Å². The van der Waals surface area contributed by atoms with Crippen molar-refractivity contribution in [3.63, 3.8) is 0 Å². The minimum Gasteiger partial charge on any atom is -0.352 e. The van der Waals surface area contributed by atoms with Crippen LogP contribution >= 0.6 is 23.2 Å². The van der Waals surface area contributed by atoms with Gasteiger partial charge in [-0.3, -0.25) is 14.6 Å². The molecule has 0 saturated carbocycles. The van der Waals surface area contributed by atoms with Crippen LogP contribution in [-0.2, 0) is 6.42 Å². The lowest BCUT2D eigenvalue weighted by atomic mass is 10.1. The van der Waals surface area contributed by atoms with E-state index in [2.05, 4.69) is 20.4 Å². The number of pyridine rings is 1. The van der Waals surface area contributed by atoms with E-state index in [1.807, 2.05) is 18.2 Å². The summed E-state index contributed by atoms with van der Waals surface area (Å²) < 4.78 is 0.859. The van der Waals surface area contributed by atoms with Crippen LogP contribution in [0.1, 0.15) is 15.9 Å². The second-order valence-electron chi connectivity index (χ2n) is 5.47. The summed E-state index contributed by atoms with van der Waals surface area (Å²) in [7, 11) is 0. The van der Waals surface area contributed by atoms with Gasteiger partial charge in [0.15, 0.2) is 5.82 Å². The van der Waals surface area contributed by atoms with Gasteiger partial charge in [0.1, 0.15) is 6.20 Å². The van der Waals surface area contributed by atoms with Gasteiger partial charge in [-0.15, -0.1) is 0 Å². The Morgan fingerprint density at radius 1 is 1.15 bits per heavy atom. The topological polar surface area (TPSA) is 110 Å². The van der Waals surface area contributed by atoms with Crippen LogP contribution in [-0.4, -0.2) is 32.2 Å². The maximum Gasteiger partial charge on any atom is 0.351 e. The number of amides is 1. The van der Waals surface area contributed by atoms with Crippen molar-refractivity contribution in [2.45, 2.75) is 6.42 Å². The van der Waals surface area contributed by atoms with Crippen molar-refractivity contribution in [3.05, 3.63) is 84.7 Å². The molecule has 3 rings (SSSR count). The third-order valence-corrected chi connectivity index (χ3v) is 4.32. The first-order valence-electron chi connectivity index (χ1n) is 7.82. The molecule has 0 bridgehead atoms. The summed E-state index contributed by atoms with van der Waals surface area (Å²) in [5.41, 5.74) is -0.379. The molecule has 0 atom stereocenters. The molecular weight excluding hydrogens is 393 g/mol. The number of aromatic amines is 1. The first-order valence-corrected chi connectivity index (χ1v) is 8.57. The molecular formula is C17H13Cl2N5O3. The third-order valence-electron chi connectivity index (χ3n) is 3.65. The number of carbonyl (C=O) groups excluding carboxylic acids is 1. The number of hydrogen-bond acceptors (Lipinski definition) is 5. The van der Waals surface area contributed by atoms with Crippen molar-refractivity contribution >= 4 is 29.1 Å². The SMILES string of the molecule is O=C(NCCc1ccccc1Cl)c1cc(-n2ncc(=O)[nH]c2=O)ncc1Cl. The van der Waals surface area contributed by atoms with Gasteiger partial charge < -0.3 is 5.32 Å². The molecule has 2 aromatic heterocycles. The van der Waals surface area contributed by atoms with E-state index in [0.29, 0.717) is 18.0 Å². The average Bonchev–Trinajstić information content (AvgIpc) is 2.64. The number of nitrogens with one attached hydrogen (secondary N) is 2. The fourth-order valence-electron chi connectivity index (χ4n) is 2.34. The molecule has 0 radical (unpaired) electrons. The van der Waals surface area contributed by atoms with E-state index >= 15 is 0 Å². The van der Waals surface area contributed by atoms with Crippen LogP contribution in [0.4, 0.5) is 0 Å². The van der Waals surface area contributed by atoms with Gasteiger partial charge in [0.05, 0.1) is 10.6 Å². The minimum atomic E-state index is -0.776. The molecule has 2 N–H and O–H groups in total. The number of nitrogens with zero attached hydrogens (tertiary/aromatic N) is 3. The van der Waals surface area contributed by atoms with Gasteiger partial charge in [-0.25, -0.2) is 9.78 Å². The highest BCUT2D eigenvalue weighted by atomic mass is 35.5. The maximum atomic E-state index is 12.4. The van der Waals surface area contributed by atoms with Crippen LogP contribution in [0.15, 0.2) is 52.3 Å². The van der Waals surface area contributed by atoms with Crippen molar-refractivity contribution in [2.24, 2.45) is 0 Å². The second-order valence-corrected chi connectivity index (χ2v) is 6.28. The van der Waals surface area contributed by atoms with Crippen LogP contribution in [0.3, 0.4) is 0 Å². The smallest absolute Gasteiger partial charge is 0.351 e. The van der Waals surface area contributed by atoms with Crippen LogP contribution in [0.25, 0.3) is 5.82 Å². The number of carbonyl (C=O) groups is 1. The van der Waals surface area contributed by atoms with Gasteiger partial charge in [0.25, 0.3) is 11.5 Å². The number of H-pyrrole nitrogens is 1. The lowest BCUT2D eigenvalue weighted by Gasteiger charge is -2.09. The van der Waals surface area contributed by atoms with E-state index in [1.165, 1.54) is 12.3 Å². The minimum absolute atomic E-state index is 0.0527. The van der Waals surface area contributed by atoms with E-state index in [-0.39, 0.29) is 16.4 Å². The fraction of sp³-hybridized carbons (Fsp3) is 0.118. The van der Waals surface area contributed by atoms with E-state index < -0.39 is 17.2 Å². The van der Waals surface area contributed by atoms with E-state index in [4.69, 9.17) is 23.2 Å². The van der Waals surface area contributed by atoms with Gasteiger partial charge in [-0.2, -0.15) is 9.78 Å². The van der Waals surface area contributed by atoms with Crippen LogP contribution in [0, 0.1) is 0 Å². The third kappa shape index (κ3) is 4.42. The summed E-state index contributed by atoms with van der Waals surface area (Å²) in [5.74, 6) is -0.384. The van der Waals surface area contributed by atoms with Crippen LogP contribution in [0.2, 0.25) is 10.0 Å². The molecule has 0 aliphatic heterocycles. The zero-order valence-corrected chi connectivity index (χ0v) is 15.3. The highest BCUT2D eigenvalue weighted by molar-refractivity contribution is 6.33. The van der Waals surface area contributed by atoms with Crippen molar-refractivity contribution in [3.8, 4) is 5.82 Å². The van der Waals surface area contributed by atoms with E-state index in [9.17, 15) is 14.4 Å². The number of benzene rings is 1. The standard InChI is InChI=1S/C17H13Cl2N5O3/c18-12-4-2-1-3-10(12)5-6-20-16(26)11-7-14(21-8-13(11)19)24-17(27)23-15(25)9-22-24/h1-4,7-9H,5-6H2,(H,20,26)(H,23,25,27). The van der Waals surface area contributed by atoms with Crippen molar-refractivity contribution in [1.82, 2.24) is 25.1 Å². The highest BCUT2D eigenvalue weighted by Gasteiger charge is 2.14. The Labute approximate surface area is 162 Å². The largest absolute Gasteiger partial charge is 0.352 e. The molecule has 138 valence electrons. The first-order chi connectivity index (χ1) is 13.0. The Morgan fingerprint density at radius 3 is 2.67 bits per heavy atom. The molecule has 8 nitrogen and oxygen atoms in total. The van der Waals surface area contributed by atoms with Gasteiger partial charge >= 0.3 is 5.69 Å². The molecule has 0 aliphatic carbocycles. The molecule has 1 amide bonds. The lowest BCUT2D eigenvalue weighted by Crippen LogP contribution is -2.31. The molecule has 0 fully saturated rings. The Balaban J connectivity index is 1.77. The Hall–Kier alpha value is -2.97. The molecule has 0 unspecified atom stereocenters. The Kier molecular flexibility index (Phi) is 5.68. The first kappa shape index (κ1) is 18.8. The molecule has 10 heteroatoms. The summed E-state index contributed by atoms with van der Waals surface area (Å²) in [6, 6.07) is 8.67. The summed E-state index contributed by atoms with van der Waals surface area (Å²) in [6.45, 7) is 0.341. The average molecular weight is 406 g/mol. The molecule has 3 aromatic rings. The van der Waals surface area contributed by atoms with Gasteiger partial charge in [0, 0.05) is 17.8 Å². The highest BCUT2D eigenvalue weighted by Crippen LogP contribution is 2.17.